The molecule has 0 radical (unpaired) electrons. The quantitative estimate of drug-likeness (QED) is 0.718. The molecule has 126 valence electrons. The highest BCUT2D eigenvalue weighted by Crippen LogP contribution is 2.57. The Morgan fingerprint density at radius 3 is 2.70 bits per heavy atom. The number of halogens is 1. The minimum absolute atomic E-state index is 0.0200. The van der Waals surface area contributed by atoms with Gasteiger partial charge < -0.3 is 9.47 Å². The van der Waals surface area contributed by atoms with Crippen LogP contribution in [0.5, 0.6) is 0 Å². The van der Waals surface area contributed by atoms with Crippen LogP contribution in [0.4, 0.5) is 0 Å². The number of hydrogen-bond donors (Lipinski definition) is 0. The van der Waals surface area contributed by atoms with Crippen molar-refractivity contribution < 1.29 is 14.3 Å². The van der Waals surface area contributed by atoms with E-state index in [4.69, 9.17) is 21.1 Å². The fourth-order valence-electron chi connectivity index (χ4n) is 4.07. The lowest BCUT2D eigenvalue weighted by atomic mass is 9.62. The molecule has 23 heavy (non-hydrogen) atoms. The van der Waals surface area contributed by atoms with E-state index < -0.39 is 5.60 Å². The summed E-state index contributed by atoms with van der Waals surface area (Å²) in [5.41, 5.74) is 0.703. The van der Waals surface area contributed by atoms with Crippen LogP contribution in [0.25, 0.3) is 0 Å². The van der Waals surface area contributed by atoms with Crippen molar-refractivity contribution in [3.8, 4) is 0 Å². The van der Waals surface area contributed by atoms with E-state index >= 15 is 0 Å². The number of carbonyl (C=O) groups excluding carboxylic acids is 1. The average molecular weight is 337 g/mol. The van der Waals surface area contributed by atoms with Gasteiger partial charge in [-0.25, -0.2) is 0 Å². The van der Waals surface area contributed by atoms with Gasteiger partial charge in [-0.15, -0.1) is 0 Å². The van der Waals surface area contributed by atoms with Crippen molar-refractivity contribution in [3.05, 3.63) is 34.9 Å². The molecule has 4 atom stereocenters. The van der Waals surface area contributed by atoms with E-state index in [1.165, 1.54) is 6.92 Å². The van der Waals surface area contributed by atoms with E-state index in [1.807, 2.05) is 24.3 Å². The van der Waals surface area contributed by atoms with Crippen molar-refractivity contribution in [1.82, 2.24) is 0 Å². The minimum atomic E-state index is -0.529. The third-order valence-corrected chi connectivity index (χ3v) is 5.62. The molecule has 1 saturated heterocycles. The number of rotatable bonds is 2. The Balaban J connectivity index is 1.87. The third kappa shape index (κ3) is 3.01. The summed E-state index contributed by atoms with van der Waals surface area (Å²) in [5, 5.41) is 0.677. The summed E-state index contributed by atoms with van der Waals surface area (Å²) >= 11 is 6.12. The summed E-state index contributed by atoms with van der Waals surface area (Å²) in [5.74, 6) is 0.344. The van der Waals surface area contributed by atoms with Gasteiger partial charge >= 0.3 is 5.97 Å². The van der Waals surface area contributed by atoms with Crippen LogP contribution in [0, 0.1) is 11.3 Å². The van der Waals surface area contributed by atoms with Crippen LogP contribution in [-0.4, -0.2) is 17.7 Å². The lowest BCUT2D eigenvalue weighted by molar-refractivity contribution is -0.321. The topological polar surface area (TPSA) is 35.5 Å². The minimum Gasteiger partial charge on any atom is -0.453 e. The van der Waals surface area contributed by atoms with Gasteiger partial charge in [0.25, 0.3) is 0 Å². The Morgan fingerprint density at radius 1 is 1.39 bits per heavy atom. The van der Waals surface area contributed by atoms with Crippen molar-refractivity contribution in [1.29, 1.82) is 0 Å². The number of esters is 1. The fourth-order valence-corrected chi connectivity index (χ4v) is 4.27. The van der Waals surface area contributed by atoms with Crippen molar-refractivity contribution in [2.75, 3.05) is 0 Å². The van der Waals surface area contributed by atoms with Crippen molar-refractivity contribution in [3.63, 3.8) is 0 Å². The molecule has 1 heterocycles. The molecular formula is C19H25ClO3. The van der Waals surface area contributed by atoms with E-state index in [9.17, 15) is 4.79 Å². The summed E-state index contributed by atoms with van der Waals surface area (Å²) in [7, 11) is 0. The largest absolute Gasteiger partial charge is 0.453 e. The van der Waals surface area contributed by atoms with E-state index in [1.54, 1.807) is 0 Å². The summed E-state index contributed by atoms with van der Waals surface area (Å²) in [6.45, 7) is 8.28. The van der Waals surface area contributed by atoms with Gasteiger partial charge in [0.05, 0.1) is 0 Å². The first-order valence-electron chi connectivity index (χ1n) is 8.33. The molecule has 0 aromatic heterocycles. The molecular weight excluding hydrogens is 312 g/mol. The summed E-state index contributed by atoms with van der Waals surface area (Å²) in [6, 6.07) is 7.66. The van der Waals surface area contributed by atoms with Crippen molar-refractivity contribution in [2.45, 2.75) is 64.8 Å². The zero-order valence-corrected chi connectivity index (χ0v) is 15.0. The molecule has 3 nitrogen and oxygen atoms in total. The molecule has 0 spiro atoms. The smallest absolute Gasteiger partial charge is 0.303 e. The monoisotopic (exact) mass is 336 g/mol. The lowest BCUT2D eigenvalue weighted by Gasteiger charge is -2.59. The molecule has 1 saturated carbocycles. The Hall–Kier alpha value is -1.06. The van der Waals surface area contributed by atoms with Crippen molar-refractivity contribution in [2.24, 2.45) is 11.3 Å². The maximum Gasteiger partial charge on any atom is 0.303 e. The summed E-state index contributed by atoms with van der Waals surface area (Å²) in [4.78, 5) is 11.7. The van der Waals surface area contributed by atoms with Crippen LogP contribution in [0.1, 0.15) is 58.6 Å². The number of hydrogen-bond acceptors (Lipinski definition) is 3. The Morgan fingerprint density at radius 2 is 2.13 bits per heavy atom. The average Bonchev–Trinajstić information content (AvgIpc) is 2.41. The van der Waals surface area contributed by atoms with Crippen LogP contribution >= 0.6 is 11.6 Å². The molecule has 0 bridgehead atoms. The molecule has 1 aliphatic heterocycles. The molecule has 0 N–H and O–H groups in total. The molecule has 1 aromatic rings. The van der Waals surface area contributed by atoms with Crippen LogP contribution in [0.2, 0.25) is 5.02 Å². The van der Waals surface area contributed by atoms with Gasteiger partial charge in [-0.2, -0.15) is 0 Å². The molecule has 2 fully saturated rings. The first-order valence-corrected chi connectivity index (χ1v) is 8.71. The summed E-state index contributed by atoms with van der Waals surface area (Å²) < 4.78 is 12.0. The lowest BCUT2D eigenvalue weighted by Crippen LogP contribution is -2.65. The zero-order valence-electron chi connectivity index (χ0n) is 14.3. The van der Waals surface area contributed by atoms with Gasteiger partial charge in [0.2, 0.25) is 0 Å². The van der Waals surface area contributed by atoms with Gasteiger partial charge in [-0.1, -0.05) is 44.5 Å². The van der Waals surface area contributed by atoms with Gasteiger partial charge in [0, 0.05) is 11.9 Å². The first kappa shape index (κ1) is 16.8. The second kappa shape index (κ2) is 5.78. The Labute approximate surface area is 143 Å². The second-order valence-corrected chi connectivity index (χ2v) is 8.38. The fraction of sp³-hybridized carbons (Fsp3) is 0.632. The molecule has 1 aromatic carbocycles. The zero-order chi connectivity index (χ0) is 16.8. The van der Waals surface area contributed by atoms with E-state index in [2.05, 4.69) is 20.8 Å². The predicted octanol–water partition coefficient (Wildman–Crippen LogP) is 4.93. The van der Waals surface area contributed by atoms with Gasteiger partial charge in [-0.05, 0) is 48.3 Å². The van der Waals surface area contributed by atoms with Crippen LogP contribution in [0.3, 0.4) is 0 Å². The molecule has 1 aliphatic carbocycles. The van der Waals surface area contributed by atoms with E-state index in [0.29, 0.717) is 10.9 Å². The highest BCUT2D eigenvalue weighted by Gasteiger charge is 2.63. The number of carbonyl (C=O) groups is 1. The van der Waals surface area contributed by atoms with E-state index in [-0.39, 0.29) is 23.6 Å². The van der Waals surface area contributed by atoms with Crippen LogP contribution in [-0.2, 0) is 14.3 Å². The van der Waals surface area contributed by atoms with Gasteiger partial charge in [-0.3, -0.25) is 4.79 Å². The van der Waals surface area contributed by atoms with Gasteiger partial charge in [0.1, 0.15) is 12.2 Å². The second-order valence-electron chi connectivity index (χ2n) is 7.95. The first-order chi connectivity index (χ1) is 10.7. The van der Waals surface area contributed by atoms with Crippen LogP contribution < -0.4 is 0 Å². The van der Waals surface area contributed by atoms with Crippen molar-refractivity contribution >= 4 is 17.6 Å². The number of benzene rings is 1. The number of fused-ring (bicyclic) bond motifs is 1. The molecule has 2 aliphatic rings. The van der Waals surface area contributed by atoms with Crippen LogP contribution in [0.15, 0.2) is 24.3 Å². The molecule has 3 rings (SSSR count). The molecule has 0 unspecified atom stereocenters. The molecule has 0 amide bonds. The Kier molecular flexibility index (Phi) is 4.22. The normalized spacial score (nSPS) is 33.5. The highest BCUT2D eigenvalue weighted by molar-refractivity contribution is 6.30. The Bertz CT molecular complexity index is 607. The summed E-state index contributed by atoms with van der Waals surface area (Å²) in [6.07, 6.45) is 2.60. The molecule has 4 heteroatoms. The van der Waals surface area contributed by atoms with E-state index in [0.717, 1.165) is 24.8 Å². The maximum absolute atomic E-state index is 11.7. The number of ether oxygens (including phenoxy) is 2. The predicted molar refractivity (Wildman–Crippen MR) is 90.4 cm³/mol. The standard InChI is InChI=1S/C19H25ClO3/c1-12(21)23-19-9-8-14(18(2,3)4)11-16(19)22-17(19)13-6-5-7-15(20)10-13/h5-7,10,14,16-17H,8-9,11H2,1-4H3/t14-,16-,17-,19-/m0/s1. The highest BCUT2D eigenvalue weighted by atomic mass is 35.5. The maximum atomic E-state index is 11.7. The third-order valence-electron chi connectivity index (χ3n) is 5.38. The van der Waals surface area contributed by atoms with Gasteiger partial charge in [0.15, 0.2) is 5.60 Å². The SMILES string of the molecule is CC(=O)O[C@@]12CC[C@H](C(C)(C)C)C[C@@H]1O[C@H]2c1cccc(Cl)c1.